The Morgan fingerprint density at radius 3 is 2.76 bits per heavy atom. The normalized spacial score (nSPS) is 12.6. The quantitative estimate of drug-likeness (QED) is 0.905. The third-order valence-electron chi connectivity index (χ3n) is 2.56. The van der Waals surface area contributed by atoms with Gasteiger partial charge in [0, 0.05) is 10.0 Å². The Morgan fingerprint density at radius 2 is 2.18 bits per heavy atom. The molecule has 0 radical (unpaired) electrons. The third kappa shape index (κ3) is 2.92. The topological polar surface area (TPSA) is 25.2 Å². The van der Waals surface area contributed by atoms with E-state index in [1.165, 1.54) is 0 Å². The Hall–Kier alpha value is -0.770. The molecular weight excluding hydrogens is 302 g/mol. The Balaban J connectivity index is 2.35. The van der Waals surface area contributed by atoms with Crippen LogP contribution < -0.4 is 5.32 Å². The second-order valence-corrected chi connectivity index (χ2v) is 4.98. The minimum absolute atomic E-state index is 0.115. The average molecular weight is 315 g/mol. The summed E-state index contributed by atoms with van der Waals surface area (Å²) in [7, 11) is 0. The van der Waals surface area contributed by atoms with E-state index in [2.05, 4.69) is 34.2 Å². The maximum atomic E-state index is 6.12. The first-order chi connectivity index (χ1) is 8.22. The molecule has 0 fully saturated rings. The van der Waals surface area contributed by atoms with E-state index in [4.69, 9.17) is 16.0 Å². The van der Waals surface area contributed by atoms with Crippen molar-refractivity contribution in [1.29, 1.82) is 0 Å². The highest BCUT2D eigenvalue weighted by Crippen LogP contribution is 2.29. The van der Waals surface area contributed by atoms with Gasteiger partial charge >= 0.3 is 0 Å². The first-order valence-electron chi connectivity index (χ1n) is 5.42. The Kier molecular flexibility index (Phi) is 4.26. The molecule has 0 saturated carbocycles. The molecule has 90 valence electrons. The largest absolute Gasteiger partial charge is 0.472 e. The van der Waals surface area contributed by atoms with Crippen LogP contribution in [0, 0.1) is 0 Å². The summed E-state index contributed by atoms with van der Waals surface area (Å²) in [4.78, 5) is 0. The minimum atomic E-state index is 0.115. The molecule has 0 aliphatic heterocycles. The van der Waals surface area contributed by atoms with Gasteiger partial charge in [-0.05, 0) is 46.2 Å². The zero-order valence-electron chi connectivity index (χ0n) is 9.41. The van der Waals surface area contributed by atoms with E-state index in [1.54, 1.807) is 12.5 Å². The Bertz CT molecular complexity index is 484. The predicted octanol–water partition coefficient (Wildman–Crippen LogP) is 4.39. The van der Waals surface area contributed by atoms with Gasteiger partial charge in [0.15, 0.2) is 0 Å². The van der Waals surface area contributed by atoms with Gasteiger partial charge < -0.3 is 9.73 Å². The fraction of sp³-hybridized carbons (Fsp3) is 0.231. The lowest BCUT2D eigenvalue weighted by Crippen LogP contribution is -2.21. The molecule has 0 bridgehead atoms. The maximum Gasteiger partial charge on any atom is 0.0953 e. The van der Waals surface area contributed by atoms with Gasteiger partial charge in [-0.25, -0.2) is 0 Å². The molecule has 2 aromatic rings. The number of hydrogen-bond acceptors (Lipinski definition) is 2. The van der Waals surface area contributed by atoms with E-state index in [1.807, 2.05) is 18.2 Å². The molecule has 2 nitrogen and oxygen atoms in total. The van der Waals surface area contributed by atoms with E-state index in [9.17, 15) is 0 Å². The first kappa shape index (κ1) is 12.7. The maximum absolute atomic E-state index is 6.12. The molecule has 1 aromatic heterocycles. The second-order valence-electron chi connectivity index (χ2n) is 3.72. The standard InChI is InChI=1S/C13H13BrClNO/c1-2-16-13(10-5-6-17-8-10)9-3-4-11(14)12(15)7-9/h3-8,13,16H,2H2,1H3. The molecule has 2 rings (SSSR count). The Morgan fingerprint density at radius 1 is 1.35 bits per heavy atom. The molecule has 0 aliphatic carbocycles. The lowest BCUT2D eigenvalue weighted by molar-refractivity contribution is 0.553. The molecule has 1 heterocycles. The molecule has 0 saturated heterocycles. The zero-order valence-corrected chi connectivity index (χ0v) is 11.8. The van der Waals surface area contributed by atoms with Crippen LogP contribution in [0.5, 0.6) is 0 Å². The van der Waals surface area contributed by atoms with Gasteiger partial charge in [0.25, 0.3) is 0 Å². The molecule has 0 amide bonds. The van der Waals surface area contributed by atoms with Crippen LogP contribution in [0.15, 0.2) is 45.7 Å². The van der Waals surface area contributed by atoms with Crippen LogP contribution >= 0.6 is 27.5 Å². The van der Waals surface area contributed by atoms with Gasteiger partial charge in [-0.2, -0.15) is 0 Å². The second kappa shape index (κ2) is 5.71. The average Bonchev–Trinajstić information content (AvgIpc) is 2.83. The summed E-state index contributed by atoms with van der Waals surface area (Å²) in [5.41, 5.74) is 2.23. The smallest absolute Gasteiger partial charge is 0.0953 e. The van der Waals surface area contributed by atoms with Gasteiger partial charge in [0.05, 0.1) is 23.6 Å². The van der Waals surface area contributed by atoms with Gasteiger partial charge in [-0.15, -0.1) is 0 Å². The van der Waals surface area contributed by atoms with E-state index >= 15 is 0 Å². The van der Waals surface area contributed by atoms with E-state index in [-0.39, 0.29) is 6.04 Å². The fourth-order valence-corrected chi connectivity index (χ4v) is 2.20. The summed E-state index contributed by atoms with van der Waals surface area (Å²) in [5.74, 6) is 0. The molecule has 1 unspecified atom stereocenters. The highest BCUT2D eigenvalue weighted by atomic mass is 79.9. The third-order valence-corrected chi connectivity index (χ3v) is 3.79. The van der Waals surface area contributed by atoms with E-state index in [0.717, 1.165) is 22.1 Å². The molecule has 0 spiro atoms. The summed E-state index contributed by atoms with van der Waals surface area (Å²) in [6.07, 6.45) is 3.43. The molecule has 0 aliphatic rings. The molecule has 17 heavy (non-hydrogen) atoms. The zero-order chi connectivity index (χ0) is 12.3. The number of rotatable bonds is 4. The Labute approximate surface area is 114 Å². The molecule has 1 aromatic carbocycles. The predicted molar refractivity (Wildman–Crippen MR) is 73.4 cm³/mol. The summed E-state index contributed by atoms with van der Waals surface area (Å²) in [6, 6.07) is 8.05. The molecule has 1 atom stereocenters. The first-order valence-corrected chi connectivity index (χ1v) is 6.60. The van der Waals surface area contributed by atoms with Crippen LogP contribution in [0.3, 0.4) is 0 Å². The van der Waals surface area contributed by atoms with Gasteiger partial charge in [-0.3, -0.25) is 0 Å². The summed E-state index contributed by atoms with van der Waals surface area (Å²) >= 11 is 9.52. The minimum Gasteiger partial charge on any atom is -0.472 e. The molecule has 4 heteroatoms. The van der Waals surface area contributed by atoms with Crippen molar-refractivity contribution in [3.05, 3.63) is 57.4 Å². The van der Waals surface area contributed by atoms with Crippen molar-refractivity contribution in [2.45, 2.75) is 13.0 Å². The summed E-state index contributed by atoms with van der Waals surface area (Å²) in [5, 5.41) is 4.13. The number of furan rings is 1. The van der Waals surface area contributed by atoms with Crippen molar-refractivity contribution in [2.24, 2.45) is 0 Å². The molecular formula is C13H13BrClNO. The van der Waals surface area contributed by atoms with Crippen molar-refractivity contribution in [1.82, 2.24) is 5.32 Å². The van der Waals surface area contributed by atoms with Crippen LogP contribution in [0.25, 0.3) is 0 Å². The summed E-state index contributed by atoms with van der Waals surface area (Å²) < 4.78 is 6.04. The lowest BCUT2D eigenvalue weighted by Gasteiger charge is -2.17. The van der Waals surface area contributed by atoms with E-state index in [0.29, 0.717) is 5.02 Å². The van der Waals surface area contributed by atoms with E-state index < -0.39 is 0 Å². The number of hydrogen-bond donors (Lipinski definition) is 1. The number of nitrogens with one attached hydrogen (secondary N) is 1. The van der Waals surface area contributed by atoms with Crippen molar-refractivity contribution in [3.63, 3.8) is 0 Å². The van der Waals surface area contributed by atoms with Crippen molar-refractivity contribution in [2.75, 3.05) is 6.54 Å². The highest BCUT2D eigenvalue weighted by Gasteiger charge is 2.14. The monoisotopic (exact) mass is 313 g/mol. The van der Waals surface area contributed by atoms with Gasteiger partial charge in [0.2, 0.25) is 0 Å². The number of halogens is 2. The van der Waals surface area contributed by atoms with Crippen LogP contribution in [0.2, 0.25) is 5.02 Å². The van der Waals surface area contributed by atoms with Crippen LogP contribution in [0.1, 0.15) is 24.1 Å². The summed E-state index contributed by atoms with van der Waals surface area (Å²) in [6.45, 7) is 2.96. The van der Waals surface area contributed by atoms with Crippen molar-refractivity contribution in [3.8, 4) is 0 Å². The van der Waals surface area contributed by atoms with Crippen LogP contribution in [-0.2, 0) is 0 Å². The van der Waals surface area contributed by atoms with Gasteiger partial charge in [-0.1, -0.05) is 24.6 Å². The number of benzene rings is 1. The van der Waals surface area contributed by atoms with Crippen LogP contribution in [0.4, 0.5) is 0 Å². The van der Waals surface area contributed by atoms with Crippen molar-refractivity contribution >= 4 is 27.5 Å². The SMILES string of the molecule is CCNC(c1ccoc1)c1ccc(Br)c(Cl)c1. The van der Waals surface area contributed by atoms with Crippen molar-refractivity contribution < 1.29 is 4.42 Å². The lowest BCUT2D eigenvalue weighted by atomic mass is 10.0. The fourth-order valence-electron chi connectivity index (χ4n) is 1.76. The van der Waals surface area contributed by atoms with Gasteiger partial charge in [0.1, 0.15) is 0 Å². The van der Waals surface area contributed by atoms with Crippen LogP contribution in [-0.4, -0.2) is 6.54 Å². The highest BCUT2D eigenvalue weighted by molar-refractivity contribution is 9.10. The molecule has 1 N–H and O–H groups in total.